The van der Waals surface area contributed by atoms with Crippen molar-refractivity contribution in [2.45, 2.75) is 13.0 Å². The molecule has 1 aromatic heterocycles. The number of hydrogen-bond donors (Lipinski definition) is 2. The molecule has 1 unspecified atom stereocenters. The molecule has 160 valence electrons. The van der Waals surface area contributed by atoms with Crippen LogP contribution in [0.5, 0.6) is 0 Å². The first-order valence-corrected chi connectivity index (χ1v) is 9.74. The number of nitrogens with two attached hydrogens (primary N) is 1. The fourth-order valence-electron chi connectivity index (χ4n) is 3.22. The van der Waals surface area contributed by atoms with Crippen LogP contribution in [0.1, 0.15) is 27.5 Å². The van der Waals surface area contributed by atoms with Crippen LogP contribution in [0.4, 0.5) is 10.1 Å². The minimum Gasteiger partial charge on any atom is -0.367 e. The minimum atomic E-state index is -0.947. The lowest BCUT2D eigenvalue weighted by atomic mass is 10.1. The second kappa shape index (κ2) is 8.76. The summed E-state index contributed by atoms with van der Waals surface area (Å²) in [5.74, 6) is -1.71. The number of nitrogens with one attached hydrogen (secondary N) is 1. The van der Waals surface area contributed by atoms with E-state index < -0.39 is 23.7 Å². The number of primary amides is 1. The Morgan fingerprint density at radius 3 is 2.41 bits per heavy atom. The van der Waals surface area contributed by atoms with Gasteiger partial charge in [-0.2, -0.15) is 0 Å². The molecule has 0 saturated heterocycles. The fourth-order valence-corrected chi connectivity index (χ4v) is 3.22. The molecule has 3 aromatic carbocycles. The van der Waals surface area contributed by atoms with Crippen LogP contribution in [0.2, 0.25) is 0 Å². The molecule has 1 heterocycles. The van der Waals surface area contributed by atoms with Gasteiger partial charge in [-0.05, 0) is 42.0 Å². The molecule has 2 amide bonds. The fraction of sp³-hybridized carbons (Fsp3) is 0.0870. The summed E-state index contributed by atoms with van der Waals surface area (Å²) < 4.78 is 14.0. The summed E-state index contributed by atoms with van der Waals surface area (Å²) >= 11 is 0. The molecule has 0 radical (unpaired) electrons. The lowest BCUT2D eigenvalue weighted by Crippen LogP contribution is -2.29. The number of anilines is 1. The maximum Gasteiger partial charge on any atom is 0.258 e. The van der Waals surface area contributed by atoms with Crippen LogP contribution in [0, 0.1) is 12.7 Å². The van der Waals surface area contributed by atoms with E-state index in [1.54, 1.807) is 42.5 Å². The number of rotatable bonds is 6. The van der Waals surface area contributed by atoms with Gasteiger partial charge in [0.15, 0.2) is 6.04 Å². The van der Waals surface area contributed by atoms with Crippen molar-refractivity contribution in [3.05, 3.63) is 95.3 Å². The van der Waals surface area contributed by atoms with Crippen molar-refractivity contribution >= 4 is 17.5 Å². The monoisotopic (exact) mass is 430 g/mol. The topological polar surface area (TPSA) is 116 Å². The van der Waals surface area contributed by atoms with Gasteiger partial charge in [0.2, 0.25) is 11.7 Å². The Balaban J connectivity index is 1.66. The number of para-hydroxylation sites is 1. The van der Waals surface area contributed by atoms with E-state index in [0.29, 0.717) is 16.8 Å². The van der Waals surface area contributed by atoms with Crippen molar-refractivity contribution in [2.75, 3.05) is 5.32 Å². The van der Waals surface area contributed by atoms with Crippen LogP contribution in [0.25, 0.3) is 11.4 Å². The third-order valence-corrected chi connectivity index (χ3v) is 4.86. The third kappa shape index (κ3) is 4.22. The van der Waals surface area contributed by atoms with Gasteiger partial charge in [-0.15, -0.1) is 15.0 Å². The van der Waals surface area contributed by atoms with Gasteiger partial charge in [0, 0.05) is 5.56 Å². The zero-order valence-corrected chi connectivity index (χ0v) is 17.1. The molecular formula is C23H19FN6O2. The first-order valence-electron chi connectivity index (χ1n) is 9.74. The molecule has 0 spiro atoms. The number of tetrazole rings is 1. The van der Waals surface area contributed by atoms with E-state index in [4.69, 9.17) is 5.73 Å². The van der Waals surface area contributed by atoms with Gasteiger partial charge in [0.25, 0.3) is 5.91 Å². The molecule has 0 aliphatic heterocycles. The van der Waals surface area contributed by atoms with Gasteiger partial charge in [0.1, 0.15) is 5.82 Å². The molecule has 0 saturated carbocycles. The smallest absolute Gasteiger partial charge is 0.258 e. The summed E-state index contributed by atoms with van der Waals surface area (Å²) in [5, 5.41) is 15.1. The van der Waals surface area contributed by atoms with Crippen molar-refractivity contribution in [1.29, 1.82) is 0 Å². The van der Waals surface area contributed by atoms with Crippen LogP contribution in [0.15, 0.2) is 72.8 Å². The summed E-state index contributed by atoms with van der Waals surface area (Å²) in [5.41, 5.74) is 7.98. The van der Waals surface area contributed by atoms with E-state index in [1.165, 1.54) is 18.2 Å². The number of carbonyl (C=O) groups is 2. The number of carbonyl (C=O) groups excluding carboxylic acids is 2. The minimum absolute atomic E-state index is 0.0907. The van der Waals surface area contributed by atoms with Crippen LogP contribution in [0.3, 0.4) is 0 Å². The second-order valence-electron chi connectivity index (χ2n) is 7.13. The third-order valence-electron chi connectivity index (χ3n) is 4.86. The van der Waals surface area contributed by atoms with Gasteiger partial charge in [-0.3, -0.25) is 9.59 Å². The Morgan fingerprint density at radius 2 is 1.69 bits per heavy atom. The number of benzene rings is 3. The maximum atomic E-state index is 14.0. The molecule has 32 heavy (non-hydrogen) atoms. The van der Waals surface area contributed by atoms with Gasteiger partial charge in [-0.1, -0.05) is 54.1 Å². The van der Waals surface area contributed by atoms with Crippen molar-refractivity contribution in [3.8, 4) is 11.4 Å². The molecule has 0 aliphatic carbocycles. The highest BCUT2D eigenvalue weighted by molar-refractivity contribution is 6.06. The Morgan fingerprint density at radius 1 is 1.00 bits per heavy atom. The van der Waals surface area contributed by atoms with E-state index in [-0.39, 0.29) is 11.4 Å². The number of nitrogens with zero attached hydrogens (tertiary/aromatic N) is 4. The van der Waals surface area contributed by atoms with Crippen LogP contribution < -0.4 is 11.1 Å². The molecule has 0 fully saturated rings. The van der Waals surface area contributed by atoms with Crippen LogP contribution in [-0.2, 0) is 4.79 Å². The van der Waals surface area contributed by atoms with E-state index >= 15 is 0 Å². The maximum absolute atomic E-state index is 14.0. The van der Waals surface area contributed by atoms with Crippen molar-refractivity contribution < 1.29 is 14.0 Å². The van der Waals surface area contributed by atoms with E-state index in [1.807, 2.05) is 19.1 Å². The molecule has 1 atom stereocenters. The van der Waals surface area contributed by atoms with Crippen molar-refractivity contribution in [1.82, 2.24) is 20.2 Å². The average Bonchev–Trinajstić information content (AvgIpc) is 3.25. The van der Waals surface area contributed by atoms with Gasteiger partial charge < -0.3 is 11.1 Å². The zero-order chi connectivity index (χ0) is 22.7. The molecule has 4 rings (SSSR count). The summed E-state index contributed by atoms with van der Waals surface area (Å²) in [7, 11) is 0. The zero-order valence-electron chi connectivity index (χ0n) is 17.1. The highest BCUT2D eigenvalue weighted by Crippen LogP contribution is 2.26. The molecule has 0 aliphatic rings. The Bertz CT molecular complexity index is 1290. The van der Waals surface area contributed by atoms with E-state index in [0.717, 1.165) is 10.4 Å². The predicted octanol–water partition coefficient (Wildman–Crippen LogP) is 3.11. The van der Waals surface area contributed by atoms with Crippen molar-refractivity contribution in [2.24, 2.45) is 5.73 Å². The molecule has 4 aromatic rings. The average molecular weight is 430 g/mol. The van der Waals surface area contributed by atoms with Crippen LogP contribution >= 0.6 is 0 Å². The van der Waals surface area contributed by atoms with Crippen LogP contribution in [-0.4, -0.2) is 32.0 Å². The molecule has 9 heteroatoms. The predicted molar refractivity (Wildman–Crippen MR) is 116 cm³/mol. The summed E-state index contributed by atoms with van der Waals surface area (Å²) in [6, 6.07) is 18.8. The first kappa shape index (κ1) is 20.9. The largest absolute Gasteiger partial charge is 0.367 e. The van der Waals surface area contributed by atoms with Gasteiger partial charge in [-0.25, -0.2) is 4.39 Å². The normalized spacial score (nSPS) is 11.7. The summed E-state index contributed by atoms with van der Waals surface area (Å²) in [6.45, 7) is 1.93. The Hall–Kier alpha value is -4.40. The standard InChI is InChI=1S/C23H19FN6O2/c1-14-10-12-15(13-11-14)20(21(25)31)30-28-22(27-29-30)17-7-3-5-9-19(17)26-23(32)16-6-2-4-8-18(16)24/h2-13,20H,1H3,(H2,25,31)(H,26,32). The molecule has 0 bridgehead atoms. The Labute approximate surface area is 182 Å². The highest BCUT2D eigenvalue weighted by Gasteiger charge is 2.24. The lowest BCUT2D eigenvalue weighted by molar-refractivity contribution is -0.120. The van der Waals surface area contributed by atoms with E-state index in [2.05, 4.69) is 20.7 Å². The van der Waals surface area contributed by atoms with E-state index in [9.17, 15) is 14.0 Å². The molecule has 3 N–H and O–H groups in total. The van der Waals surface area contributed by atoms with Crippen molar-refractivity contribution in [3.63, 3.8) is 0 Å². The molecular weight excluding hydrogens is 411 g/mol. The van der Waals surface area contributed by atoms with Gasteiger partial charge >= 0.3 is 0 Å². The number of hydrogen-bond acceptors (Lipinski definition) is 5. The first-order chi connectivity index (χ1) is 15.4. The van der Waals surface area contributed by atoms with Gasteiger partial charge in [0.05, 0.1) is 11.3 Å². The Kier molecular flexibility index (Phi) is 5.71. The lowest BCUT2D eigenvalue weighted by Gasteiger charge is -2.12. The molecule has 8 nitrogen and oxygen atoms in total. The number of aromatic nitrogens is 4. The summed E-state index contributed by atoms with van der Waals surface area (Å²) in [4.78, 5) is 25.8. The quantitative estimate of drug-likeness (QED) is 0.488. The number of halogens is 1. The SMILES string of the molecule is Cc1ccc(C(C(N)=O)n2nnc(-c3ccccc3NC(=O)c3ccccc3F)n2)cc1. The summed E-state index contributed by atoms with van der Waals surface area (Å²) in [6.07, 6.45) is 0. The highest BCUT2D eigenvalue weighted by atomic mass is 19.1. The number of aryl methyl sites for hydroxylation is 1. The number of amides is 2. The second-order valence-corrected chi connectivity index (χ2v) is 7.13.